The van der Waals surface area contributed by atoms with Crippen LogP contribution in [0.15, 0.2) is 85.2 Å². The van der Waals surface area contributed by atoms with Crippen LogP contribution in [0.5, 0.6) is 11.5 Å². The highest BCUT2D eigenvalue weighted by molar-refractivity contribution is 7.80. The summed E-state index contributed by atoms with van der Waals surface area (Å²) in [7, 11) is 4.69. The van der Waals surface area contributed by atoms with E-state index in [1.165, 1.54) is 7.11 Å². The normalized spacial score (nSPS) is 16.6. The number of aromatic nitrogens is 2. The minimum atomic E-state index is -0.287. The van der Waals surface area contributed by atoms with Crippen LogP contribution in [0.3, 0.4) is 0 Å². The molecule has 1 aliphatic rings. The first-order valence-electron chi connectivity index (χ1n) is 12.3. The number of rotatable bonds is 9. The number of benzene rings is 2. The minimum absolute atomic E-state index is 0.0739. The molecule has 0 aliphatic carbocycles. The SMILES string of the molecule is COCC(=O)Nc1cc(N2C(=S)N[C@H](c3ccccn3)[C@H]2c2cccn2-c2cccc(OC)c2)ccc1OC. The van der Waals surface area contributed by atoms with Gasteiger partial charge in [0.1, 0.15) is 24.1 Å². The topological polar surface area (TPSA) is 89.9 Å². The van der Waals surface area contributed by atoms with Gasteiger partial charge in [0.05, 0.1) is 31.6 Å². The lowest BCUT2D eigenvalue weighted by Crippen LogP contribution is -2.30. The lowest BCUT2D eigenvalue weighted by molar-refractivity contribution is -0.119. The second-order valence-corrected chi connectivity index (χ2v) is 9.25. The van der Waals surface area contributed by atoms with Crippen molar-refractivity contribution in [3.8, 4) is 17.2 Å². The van der Waals surface area contributed by atoms with Gasteiger partial charge in [-0.25, -0.2) is 0 Å². The third-order valence-electron chi connectivity index (χ3n) is 6.52. The van der Waals surface area contributed by atoms with Crippen molar-refractivity contribution < 1.29 is 19.0 Å². The summed E-state index contributed by atoms with van der Waals surface area (Å²) < 4.78 is 18.1. The molecule has 200 valence electrons. The van der Waals surface area contributed by atoms with Crippen LogP contribution >= 0.6 is 12.2 Å². The van der Waals surface area contributed by atoms with Gasteiger partial charge in [-0.1, -0.05) is 12.1 Å². The fourth-order valence-corrected chi connectivity index (χ4v) is 5.17. The first kappa shape index (κ1) is 26.2. The number of anilines is 2. The second-order valence-electron chi connectivity index (χ2n) is 8.87. The number of pyridine rings is 1. The molecule has 1 amide bonds. The molecule has 0 saturated carbocycles. The number of carbonyl (C=O) groups excluding carboxylic acids is 1. The van der Waals surface area contributed by atoms with E-state index in [-0.39, 0.29) is 24.6 Å². The summed E-state index contributed by atoms with van der Waals surface area (Å²) in [5.41, 5.74) is 4.10. The smallest absolute Gasteiger partial charge is 0.250 e. The number of methoxy groups -OCH3 is 3. The van der Waals surface area contributed by atoms with E-state index >= 15 is 0 Å². The van der Waals surface area contributed by atoms with Crippen molar-refractivity contribution in [3.05, 3.63) is 96.6 Å². The molecule has 39 heavy (non-hydrogen) atoms. The van der Waals surface area contributed by atoms with Gasteiger partial charge in [0.15, 0.2) is 5.11 Å². The van der Waals surface area contributed by atoms with E-state index < -0.39 is 0 Å². The number of hydrogen-bond donors (Lipinski definition) is 2. The van der Waals surface area contributed by atoms with Crippen molar-refractivity contribution >= 4 is 34.6 Å². The van der Waals surface area contributed by atoms with Gasteiger partial charge in [0, 0.05) is 42.6 Å². The Labute approximate surface area is 232 Å². The van der Waals surface area contributed by atoms with Gasteiger partial charge in [-0.15, -0.1) is 0 Å². The average Bonchev–Trinajstić information content (AvgIpc) is 3.58. The first-order valence-corrected chi connectivity index (χ1v) is 12.7. The average molecular weight is 544 g/mol. The van der Waals surface area contributed by atoms with Gasteiger partial charge in [0.25, 0.3) is 0 Å². The van der Waals surface area contributed by atoms with Gasteiger partial charge in [-0.05, 0) is 66.8 Å². The Morgan fingerprint density at radius 1 is 1.00 bits per heavy atom. The van der Waals surface area contributed by atoms with Crippen LogP contribution in [-0.2, 0) is 9.53 Å². The molecule has 2 aromatic heterocycles. The highest BCUT2D eigenvalue weighted by Crippen LogP contribution is 2.44. The Morgan fingerprint density at radius 2 is 1.87 bits per heavy atom. The summed E-state index contributed by atoms with van der Waals surface area (Å²) in [5, 5.41) is 6.89. The molecule has 0 unspecified atom stereocenters. The molecule has 1 fully saturated rings. The molecule has 0 radical (unpaired) electrons. The van der Waals surface area contributed by atoms with Gasteiger partial charge >= 0.3 is 0 Å². The zero-order valence-corrected chi connectivity index (χ0v) is 22.6. The van der Waals surface area contributed by atoms with Crippen molar-refractivity contribution in [2.75, 3.05) is 38.2 Å². The maximum Gasteiger partial charge on any atom is 0.250 e. The zero-order valence-electron chi connectivity index (χ0n) is 21.8. The Bertz CT molecular complexity index is 1480. The van der Waals surface area contributed by atoms with Crippen LogP contribution in [0.1, 0.15) is 23.5 Å². The lowest BCUT2D eigenvalue weighted by Gasteiger charge is -2.29. The molecular formula is C29H29N5O4S. The standard InChI is InChI=1S/C29H29N5O4S/c1-36-18-26(35)31-23-17-20(12-13-25(23)38-3)34-28(27(32-29(34)39)22-10-4-5-14-30-22)24-11-7-15-33(24)19-8-6-9-21(16-19)37-2/h4-17,27-28H,18H2,1-3H3,(H,31,35)(H,32,39)/t27-,28-/m1/s1. The Balaban J connectivity index is 1.63. The van der Waals surface area contributed by atoms with E-state index in [2.05, 4.69) is 26.3 Å². The summed E-state index contributed by atoms with van der Waals surface area (Å²) in [4.78, 5) is 19.1. The molecule has 2 aromatic carbocycles. The highest BCUT2D eigenvalue weighted by atomic mass is 32.1. The molecule has 1 saturated heterocycles. The molecule has 2 N–H and O–H groups in total. The van der Waals surface area contributed by atoms with Crippen LogP contribution in [0.4, 0.5) is 11.4 Å². The van der Waals surface area contributed by atoms with E-state index in [4.69, 9.17) is 26.4 Å². The first-order chi connectivity index (χ1) is 19.0. The summed E-state index contributed by atoms with van der Waals surface area (Å²) in [6.07, 6.45) is 3.79. The molecule has 3 heterocycles. The van der Waals surface area contributed by atoms with Gasteiger partial charge in [-0.2, -0.15) is 0 Å². The predicted molar refractivity (Wildman–Crippen MR) is 154 cm³/mol. The summed E-state index contributed by atoms with van der Waals surface area (Å²) in [6.45, 7) is -0.0739. The van der Waals surface area contributed by atoms with Crippen molar-refractivity contribution in [3.63, 3.8) is 0 Å². The number of thiocarbonyl (C=S) groups is 1. The third kappa shape index (κ3) is 5.29. The molecule has 5 rings (SSSR count). The summed E-state index contributed by atoms with van der Waals surface area (Å²) in [5.74, 6) is 1.00. The van der Waals surface area contributed by atoms with E-state index in [0.717, 1.165) is 28.5 Å². The van der Waals surface area contributed by atoms with Gasteiger partial charge in [0.2, 0.25) is 5.91 Å². The molecular weight excluding hydrogens is 514 g/mol. The van der Waals surface area contributed by atoms with Crippen LogP contribution in [-0.4, -0.2) is 48.5 Å². The van der Waals surface area contributed by atoms with E-state index in [0.29, 0.717) is 16.5 Å². The minimum Gasteiger partial charge on any atom is -0.497 e. The number of hydrogen-bond acceptors (Lipinski definition) is 6. The maximum atomic E-state index is 12.4. The quantitative estimate of drug-likeness (QED) is 0.295. The number of amides is 1. The van der Waals surface area contributed by atoms with Crippen LogP contribution in [0.2, 0.25) is 0 Å². The van der Waals surface area contributed by atoms with E-state index in [9.17, 15) is 4.79 Å². The number of nitrogens with one attached hydrogen (secondary N) is 2. The molecule has 2 atom stereocenters. The van der Waals surface area contributed by atoms with Gasteiger partial charge < -0.3 is 34.3 Å². The van der Waals surface area contributed by atoms with Gasteiger partial charge in [-0.3, -0.25) is 9.78 Å². The fourth-order valence-electron chi connectivity index (χ4n) is 4.82. The molecule has 0 bridgehead atoms. The Morgan fingerprint density at radius 3 is 2.62 bits per heavy atom. The number of carbonyl (C=O) groups is 1. The number of ether oxygens (including phenoxy) is 3. The van der Waals surface area contributed by atoms with Crippen LogP contribution in [0.25, 0.3) is 5.69 Å². The Kier molecular flexibility index (Phi) is 7.76. The van der Waals surface area contributed by atoms with Crippen molar-refractivity contribution in [2.24, 2.45) is 0 Å². The van der Waals surface area contributed by atoms with Crippen molar-refractivity contribution in [1.82, 2.24) is 14.9 Å². The molecule has 9 nitrogen and oxygen atoms in total. The Hall–Kier alpha value is -4.41. The molecule has 1 aliphatic heterocycles. The summed E-state index contributed by atoms with van der Waals surface area (Å²) >= 11 is 5.90. The van der Waals surface area contributed by atoms with Crippen molar-refractivity contribution in [1.29, 1.82) is 0 Å². The summed E-state index contributed by atoms with van der Waals surface area (Å²) in [6, 6.07) is 22.9. The number of nitrogens with zero attached hydrogens (tertiary/aromatic N) is 3. The fraction of sp³-hybridized carbons (Fsp3) is 0.207. The molecule has 4 aromatic rings. The molecule has 10 heteroatoms. The van der Waals surface area contributed by atoms with Crippen LogP contribution in [0, 0.1) is 0 Å². The van der Waals surface area contributed by atoms with Crippen molar-refractivity contribution in [2.45, 2.75) is 12.1 Å². The zero-order chi connectivity index (χ0) is 27.4. The van der Waals surface area contributed by atoms with E-state index in [1.807, 2.05) is 77.8 Å². The van der Waals surface area contributed by atoms with E-state index in [1.54, 1.807) is 20.4 Å². The second kappa shape index (κ2) is 11.5. The lowest BCUT2D eigenvalue weighted by atomic mass is 10.0. The molecule has 0 spiro atoms. The third-order valence-corrected chi connectivity index (χ3v) is 6.84. The predicted octanol–water partition coefficient (Wildman–Crippen LogP) is 4.65. The highest BCUT2D eigenvalue weighted by Gasteiger charge is 2.42. The largest absolute Gasteiger partial charge is 0.497 e. The monoisotopic (exact) mass is 543 g/mol. The van der Waals surface area contributed by atoms with Crippen LogP contribution < -0.4 is 25.0 Å². The maximum absolute atomic E-state index is 12.4.